The van der Waals surface area contributed by atoms with Crippen molar-refractivity contribution in [2.24, 2.45) is 10.7 Å². The zero-order valence-electron chi connectivity index (χ0n) is 16.0. The molecule has 4 N–H and O–H groups in total. The smallest absolute Gasteiger partial charge is 0.314 e. The average molecular weight is 361 g/mol. The van der Waals surface area contributed by atoms with E-state index in [1.807, 2.05) is 45.0 Å². The number of guanidine groups is 1. The Morgan fingerprint density at radius 3 is 2.69 bits per heavy atom. The molecule has 7 nitrogen and oxygen atoms in total. The number of benzene rings is 1. The van der Waals surface area contributed by atoms with Crippen LogP contribution in [0.5, 0.6) is 5.75 Å². The van der Waals surface area contributed by atoms with Gasteiger partial charge in [-0.3, -0.25) is 0 Å². The number of likely N-dealkylation sites (tertiary alicyclic amines) is 1. The van der Waals surface area contributed by atoms with E-state index < -0.39 is 0 Å². The van der Waals surface area contributed by atoms with E-state index >= 15 is 0 Å². The average Bonchev–Trinajstić information content (AvgIpc) is 2.62. The lowest BCUT2D eigenvalue weighted by atomic mass is 10.1. The van der Waals surface area contributed by atoms with Crippen LogP contribution < -0.4 is 21.1 Å². The number of carbonyl (C=O) groups excluding carboxylic acids is 1. The molecule has 26 heavy (non-hydrogen) atoms. The van der Waals surface area contributed by atoms with Gasteiger partial charge in [0.15, 0.2) is 5.96 Å². The Labute approximate surface area is 156 Å². The molecule has 0 saturated carbocycles. The Morgan fingerprint density at radius 2 is 2.08 bits per heavy atom. The number of carbonyl (C=O) groups is 1. The van der Waals surface area contributed by atoms with Crippen LogP contribution in [-0.2, 0) is 0 Å². The van der Waals surface area contributed by atoms with Crippen LogP contribution in [0.3, 0.4) is 0 Å². The lowest BCUT2D eigenvalue weighted by molar-refractivity contribution is 0.188. The largest absolute Gasteiger partial charge is 0.489 e. The predicted molar refractivity (Wildman–Crippen MR) is 105 cm³/mol. The second-order valence-corrected chi connectivity index (χ2v) is 6.66. The highest BCUT2D eigenvalue weighted by molar-refractivity contribution is 5.80. The summed E-state index contributed by atoms with van der Waals surface area (Å²) in [6, 6.07) is 7.94. The lowest BCUT2D eigenvalue weighted by Gasteiger charge is -2.32. The summed E-state index contributed by atoms with van der Waals surface area (Å²) in [6.45, 7) is 8.81. The van der Waals surface area contributed by atoms with Gasteiger partial charge < -0.3 is 26.0 Å². The molecular formula is C19H31N5O2. The maximum absolute atomic E-state index is 11.2. The number of piperidine rings is 1. The SMILES string of the molecule is CCNC(=NCC(C)Oc1ccccc1C)NC1CCN(C(N)=O)CC1. The van der Waals surface area contributed by atoms with Crippen molar-refractivity contribution >= 4 is 12.0 Å². The van der Waals surface area contributed by atoms with Gasteiger partial charge in [-0.25, -0.2) is 9.79 Å². The number of nitrogens with zero attached hydrogens (tertiary/aromatic N) is 2. The van der Waals surface area contributed by atoms with E-state index in [0.717, 1.165) is 36.7 Å². The summed E-state index contributed by atoms with van der Waals surface area (Å²) in [5, 5.41) is 6.72. The van der Waals surface area contributed by atoms with Gasteiger partial charge in [0.25, 0.3) is 0 Å². The number of aliphatic imine (C=N–C) groups is 1. The van der Waals surface area contributed by atoms with Crippen molar-refractivity contribution in [3.8, 4) is 5.75 Å². The molecule has 1 aliphatic rings. The second kappa shape index (κ2) is 9.89. The summed E-state index contributed by atoms with van der Waals surface area (Å²) in [5.41, 5.74) is 6.45. The van der Waals surface area contributed by atoms with Crippen LogP contribution in [0.25, 0.3) is 0 Å². The highest BCUT2D eigenvalue weighted by atomic mass is 16.5. The number of urea groups is 1. The molecule has 0 aliphatic carbocycles. The molecule has 0 aromatic heterocycles. The fourth-order valence-corrected chi connectivity index (χ4v) is 2.92. The zero-order valence-corrected chi connectivity index (χ0v) is 16.0. The summed E-state index contributed by atoms with van der Waals surface area (Å²) >= 11 is 0. The number of aryl methyl sites for hydroxylation is 1. The van der Waals surface area contributed by atoms with E-state index in [2.05, 4.69) is 15.6 Å². The van der Waals surface area contributed by atoms with Gasteiger partial charge in [0.1, 0.15) is 11.9 Å². The van der Waals surface area contributed by atoms with Crippen molar-refractivity contribution in [1.82, 2.24) is 15.5 Å². The molecular weight excluding hydrogens is 330 g/mol. The van der Waals surface area contributed by atoms with Crippen LogP contribution in [0.15, 0.2) is 29.3 Å². The van der Waals surface area contributed by atoms with Crippen LogP contribution in [0, 0.1) is 6.92 Å². The summed E-state index contributed by atoms with van der Waals surface area (Å²) < 4.78 is 5.98. The van der Waals surface area contributed by atoms with Crippen LogP contribution in [0.2, 0.25) is 0 Å². The van der Waals surface area contributed by atoms with E-state index in [9.17, 15) is 4.79 Å². The quantitative estimate of drug-likeness (QED) is 0.533. The van der Waals surface area contributed by atoms with Crippen molar-refractivity contribution in [2.45, 2.75) is 45.8 Å². The first-order chi connectivity index (χ1) is 12.5. The molecule has 2 rings (SSSR count). The number of hydrogen-bond donors (Lipinski definition) is 3. The van der Waals surface area contributed by atoms with Crippen LogP contribution in [0.1, 0.15) is 32.3 Å². The minimum atomic E-state index is -0.341. The number of hydrogen-bond acceptors (Lipinski definition) is 3. The molecule has 1 aliphatic heterocycles. The van der Waals surface area contributed by atoms with Crippen molar-refractivity contribution in [2.75, 3.05) is 26.2 Å². The van der Waals surface area contributed by atoms with E-state index in [0.29, 0.717) is 19.6 Å². The van der Waals surface area contributed by atoms with Crippen molar-refractivity contribution < 1.29 is 9.53 Å². The van der Waals surface area contributed by atoms with E-state index in [1.165, 1.54) is 0 Å². The van der Waals surface area contributed by atoms with Gasteiger partial charge in [0.05, 0.1) is 6.54 Å². The molecule has 1 saturated heterocycles. The minimum Gasteiger partial charge on any atom is -0.489 e. The van der Waals surface area contributed by atoms with Crippen LogP contribution >= 0.6 is 0 Å². The number of nitrogens with one attached hydrogen (secondary N) is 2. The Kier molecular flexibility index (Phi) is 7.56. The Bertz CT molecular complexity index is 612. The number of para-hydroxylation sites is 1. The third-order valence-electron chi connectivity index (χ3n) is 4.42. The summed E-state index contributed by atoms with van der Waals surface area (Å²) in [4.78, 5) is 17.5. The topological polar surface area (TPSA) is 92.0 Å². The van der Waals surface area contributed by atoms with E-state index in [-0.39, 0.29) is 18.2 Å². The molecule has 144 valence electrons. The molecule has 1 aromatic carbocycles. The monoisotopic (exact) mass is 361 g/mol. The molecule has 7 heteroatoms. The van der Waals surface area contributed by atoms with Gasteiger partial charge >= 0.3 is 6.03 Å². The number of rotatable bonds is 6. The normalized spacial score (nSPS) is 16.9. The number of amides is 2. The zero-order chi connectivity index (χ0) is 18.9. The van der Waals surface area contributed by atoms with Crippen LogP contribution in [0.4, 0.5) is 4.79 Å². The maximum Gasteiger partial charge on any atom is 0.314 e. The van der Waals surface area contributed by atoms with Crippen molar-refractivity contribution in [3.05, 3.63) is 29.8 Å². The molecule has 1 atom stereocenters. The number of ether oxygens (including phenoxy) is 1. The molecule has 0 bridgehead atoms. The van der Waals surface area contributed by atoms with Gasteiger partial charge in [-0.15, -0.1) is 0 Å². The number of nitrogens with two attached hydrogens (primary N) is 1. The summed E-state index contributed by atoms with van der Waals surface area (Å²) in [5.74, 6) is 1.68. The highest BCUT2D eigenvalue weighted by Gasteiger charge is 2.21. The van der Waals surface area contributed by atoms with Gasteiger partial charge in [-0.2, -0.15) is 0 Å². The first kappa shape index (κ1) is 19.9. The van der Waals surface area contributed by atoms with Crippen molar-refractivity contribution in [1.29, 1.82) is 0 Å². The number of primary amides is 1. The fourth-order valence-electron chi connectivity index (χ4n) is 2.92. The predicted octanol–water partition coefficient (Wildman–Crippen LogP) is 1.86. The third kappa shape index (κ3) is 6.13. The molecule has 1 fully saturated rings. The molecule has 0 spiro atoms. The second-order valence-electron chi connectivity index (χ2n) is 6.66. The summed E-state index contributed by atoms with van der Waals surface area (Å²) in [7, 11) is 0. The van der Waals surface area contributed by atoms with Gasteiger partial charge in [0.2, 0.25) is 0 Å². The van der Waals surface area contributed by atoms with E-state index in [1.54, 1.807) is 4.90 Å². The Morgan fingerprint density at radius 1 is 1.38 bits per heavy atom. The minimum absolute atomic E-state index is 0.0248. The fraction of sp³-hybridized carbons (Fsp3) is 0.579. The molecule has 1 aromatic rings. The standard InChI is InChI=1S/C19H31N5O2/c1-4-21-19(23-16-9-11-24(12-10-16)18(20)25)22-13-15(3)26-17-8-6-5-7-14(17)2/h5-8,15-16H,4,9-13H2,1-3H3,(H2,20,25)(H2,21,22,23). The highest BCUT2D eigenvalue weighted by Crippen LogP contribution is 2.17. The van der Waals surface area contributed by atoms with Crippen LogP contribution in [-0.4, -0.2) is 55.2 Å². The first-order valence-corrected chi connectivity index (χ1v) is 9.31. The molecule has 2 amide bonds. The molecule has 1 heterocycles. The maximum atomic E-state index is 11.2. The lowest BCUT2D eigenvalue weighted by Crippen LogP contribution is -2.50. The Balaban J connectivity index is 1.86. The third-order valence-corrected chi connectivity index (χ3v) is 4.42. The van der Waals surface area contributed by atoms with Crippen molar-refractivity contribution in [3.63, 3.8) is 0 Å². The molecule has 1 unspecified atom stereocenters. The van der Waals surface area contributed by atoms with Gasteiger partial charge in [-0.1, -0.05) is 18.2 Å². The Hall–Kier alpha value is -2.44. The molecule has 0 radical (unpaired) electrons. The first-order valence-electron chi connectivity index (χ1n) is 9.31. The summed E-state index contributed by atoms with van der Waals surface area (Å²) in [6.07, 6.45) is 1.70. The van der Waals surface area contributed by atoms with Gasteiger partial charge in [0, 0.05) is 25.7 Å². The van der Waals surface area contributed by atoms with Gasteiger partial charge in [-0.05, 0) is 45.2 Å². The van der Waals surface area contributed by atoms with E-state index in [4.69, 9.17) is 10.5 Å².